The first-order chi connectivity index (χ1) is 13.5. The van der Waals surface area contributed by atoms with Gasteiger partial charge in [-0.2, -0.15) is 0 Å². The monoisotopic (exact) mass is 420 g/mol. The van der Waals surface area contributed by atoms with E-state index in [-0.39, 0.29) is 11.8 Å². The van der Waals surface area contributed by atoms with Crippen LogP contribution in [0.3, 0.4) is 0 Å². The Balaban J connectivity index is 1.48. The van der Waals surface area contributed by atoms with Crippen LogP contribution in [0, 0.1) is 0 Å². The Morgan fingerprint density at radius 1 is 1.04 bits per heavy atom. The molecule has 5 nitrogen and oxygen atoms in total. The molecule has 0 aliphatic carbocycles. The predicted octanol–water partition coefficient (Wildman–Crippen LogP) is 3.97. The Morgan fingerprint density at radius 3 is 2.46 bits per heavy atom. The standard InChI is InChI=1S/C21H22Cl2N2O3/c22-18-3-1-2-16(21(18)23)6-9-19(26)24-17-7-4-15(5-8-17)14-20(27)25-10-12-28-13-11-25/h1-5,7-8H,6,9-14H2,(H,24,26). The number of carbonyl (C=O) groups is 2. The van der Waals surface area contributed by atoms with E-state index in [0.29, 0.717) is 61.3 Å². The van der Waals surface area contributed by atoms with Gasteiger partial charge < -0.3 is 15.0 Å². The van der Waals surface area contributed by atoms with Crippen LogP contribution in [0.2, 0.25) is 10.0 Å². The molecule has 7 heteroatoms. The third-order valence-electron chi connectivity index (χ3n) is 4.61. The molecule has 1 aliphatic rings. The van der Waals surface area contributed by atoms with Gasteiger partial charge in [0.2, 0.25) is 11.8 Å². The molecule has 0 radical (unpaired) electrons. The fourth-order valence-corrected chi connectivity index (χ4v) is 3.43. The van der Waals surface area contributed by atoms with Gasteiger partial charge >= 0.3 is 0 Å². The summed E-state index contributed by atoms with van der Waals surface area (Å²) in [5, 5.41) is 3.84. The molecule has 1 saturated heterocycles. The quantitative estimate of drug-likeness (QED) is 0.768. The number of ether oxygens (including phenoxy) is 1. The summed E-state index contributed by atoms with van der Waals surface area (Å²) in [4.78, 5) is 26.3. The van der Waals surface area contributed by atoms with Crippen molar-refractivity contribution < 1.29 is 14.3 Å². The van der Waals surface area contributed by atoms with Crippen molar-refractivity contribution in [1.29, 1.82) is 0 Å². The summed E-state index contributed by atoms with van der Waals surface area (Å²) < 4.78 is 5.27. The van der Waals surface area contributed by atoms with Gasteiger partial charge in [0, 0.05) is 25.2 Å². The van der Waals surface area contributed by atoms with Crippen LogP contribution in [0.4, 0.5) is 5.69 Å². The summed E-state index contributed by atoms with van der Waals surface area (Å²) in [6.45, 7) is 2.47. The summed E-state index contributed by atoms with van der Waals surface area (Å²) in [5.74, 6) is -0.00771. The average molecular weight is 421 g/mol. The van der Waals surface area contributed by atoms with E-state index < -0.39 is 0 Å². The number of hydrogen-bond donors (Lipinski definition) is 1. The van der Waals surface area contributed by atoms with Crippen LogP contribution in [-0.4, -0.2) is 43.0 Å². The molecule has 0 bridgehead atoms. The van der Waals surface area contributed by atoms with Gasteiger partial charge in [-0.05, 0) is 35.7 Å². The third-order valence-corrected chi connectivity index (χ3v) is 5.47. The molecular formula is C21H22Cl2N2O3. The zero-order valence-corrected chi connectivity index (χ0v) is 16.9. The number of hydrogen-bond acceptors (Lipinski definition) is 3. The largest absolute Gasteiger partial charge is 0.378 e. The van der Waals surface area contributed by atoms with E-state index in [9.17, 15) is 9.59 Å². The van der Waals surface area contributed by atoms with E-state index in [1.54, 1.807) is 6.07 Å². The van der Waals surface area contributed by atoms with Gasteiger partial charge in [0.05, 0.1) is 29.7 Å². The maximum absolute atomic E-state index is 12.3. The number of rotatable bonds is 6. The van der Waals surface area contributed by atoms with E-state index in [2.05, 4.69) is 5.32 Å². The average Bonchev–Trinajstić information content (AvgIpc) is 2.71. The molecule has 2 aromatic rings. The van der Waals surface area contributed by atoms with Gasteiger partial charge in [0.1, 0.15) is 0 Å². The highest BCUT2D eigenvalue weighted by atomic mass is 35.5. The maximum atomic E-state index is 12.3. The van der Waals surface area contributed by atoms with Crippen LogP contribution in [0.5, 0.6) is 0 Å². The highest BCUT2D eigenvalue weighted by Crippen LogP contribution is 2.26. The number of nitrogens with zero attached hydrogens (tertiary/aromatic N) is 1. The van der Waals surface area contributed by atoms with E-state index in [1.807, 2.05) is 41.3 Å². The summed E-state index contributed by atoms with van der Waals surface area (Å²) in [7, 11) is 0. The number of carbonyl (C=O) groups excluding carboxylic acids is 2. The van der Waals surface area contributed by atoms with Gasteiger partial charge in [-0.1, -0.05) is 47.5 Å². The van der Waals surface area contributed by atoms with Crippen molar-refractivity contribution in [2.45, 2.75) is 19.3 Å². The van der Waals surface area contributed by atoms with Crippen molar-refractivity contribution >= 4 is 40.7 Å². The number of halogens is 2. The van der Waals surface area contributed by atoms with Crippen LogP contribution in [0.25, 0.3) is 0 Å². The summed E-state index contributed by atoms with van der Waals surface area (Å²) in [6.07, 6.45) is 1.16. The fraction of sp³-hybridized carbons (Fsp3) is 0.333. The Hall–Kier alpha value is -2.08. The Labute approximate surface area is 174 Å². The first kappa shape index (κ1) is 20.6. The van der Waals surface area contributed by atoms with Crippen molar-refractivity contribution in [3.05, 3.63) is 63.6 Å². The molecule has 2 aromatic carbocycles. The lowest BCUT2D eigenvalue weighted by Gasteiger charge is -2.26. The molecule has 2 amide bonds. The molecular weight excluding hydrogens is 399 g/mol. The number of aryl methyl sites for hydroxylation is 1. The second-order valence-corrected chi connectivity index (χ2v) is 7.41. The minimum atomic E-state index is -0.104. The highest BCUT2D eigenvalue weighted by Gasteiger charge is 2.17. The molecule has 148 valence electrons. The predicted molar refractivity (Wildman–Crippen MR) is 111 cm³/mol. The Kier molecular flexibility index (Phi) is 7.31. The Bertz CT molecular complexity index is 834. The van der Waals surface area contributed by atoms with Crippen LogP contribution in [-0.2, 0) is 27.2 Å². The molecule has 0 aromatic heterocycles. The second-order valence-electron chi connectivity index (χ2n) is 6.63. The maximum Gasteiger partial charge on any atom is 0.227 e. The van der Waals surface area contributed by atoms with E-state index in [1.165, 1.54) is 0 Å². The SMILES string of the molecule is O=C(CCc1cccc(Cl)c1Cl)Nc1ccc(CC(=O)N2CCOCC2)cc1. The van der Waals surface area contributed by atoms with Gasteiger partial charge in [-0.15, -0.1) is 0 Å². The lowest BCUT2D eigenvalue weighted by atomic mass is 10.1. The molecule has 1 heterocycles. The number of nitrogens with one attached hydrogen (secondary N) is 1. The van der Waals surface area contributed by atoms with Crippen molar-refractivity contribution in [2.75, 3.05) is 31.6 Å². The summed E-state index contributed by atoms with van der Waals surface area (Å²) in [6, 6.07) is 12.8. The summed E-state index contributed by atoms with van der Waals surface area (Å²) in [5.41, 5.74) is 2.46. The number of morpholine rings is 1. The fourth-order valence-electron chi connectivity index (χ4n) is 3.02. The molecule has 0 unspecified atom stereocenters. The minimum absolute atomic E-state index is 0.0958. The van der Waals surface area contributed by atoms with Crippen LogP contribution in [0.1, 0.15) is 17.5 Å². The summed E-state index contributed by atoms with van der Waals surface area (Å²) >= 11 is 12.1. The van der Waals surface area contributed by atoms with E-state index in [0.717, 1.165) is 11.1 Å². The van der Waals surface area contributed by atoms with E-state index >= 15 is 0 Å². The lowest BCUT2D eigenvalue weighted by Crippen LogP contribution is -2.41. The topological polar surface area (TPSA) is 58.6 Å². The van der Waals surface area contributed by atoms with Crippen LogP contribution >= 0.6 is 23.2 Å². The first-order valence-corrected chi connectivity index (χ1v) is 9.96. The zero-order valence-electron chi connectivity index (χ0n) is 15.4. The number of benzene rings is 2. The van der Waals surface area contributed by atoms with Crippen molar-refractivity contribution in [2.24, 2.45) is 0 Å². The molecule has 28 heavy (non-hydrogen) atoms. The Morgan fingerprint density at radius 2 is 1.75 bits per heavy atom. The van der Waals surface area contributed by atoms with Gasteiger partial charge in [-0.3, -0.25) is 9.59 Å². The normalized spacial score (nSPS) is 14.0. The molecule has 3 rings (SSSR count). The van der Waals surface area contributed by atoms with Crippen molar-refractivity contribution in [3.63, 3.8) is 0 Å². The van der Waals surface area contributed by atoms with Crippen LogP contribution < -0.4 is 5.32 Å². The van der Waals surface area contributed by atoms with Gasteiger partial charge in [0.25, 0.3) is 0 Å². The zero-order chi connectivity index (χ0) is 19.9. The van der Waals surface area contributed by atoms with Crippen molar-refractivity contribution in [3.8, 4) is 0 Å². The van der Waals surface area contributed by atoms with Gasteiger partial charge in [0.15, 0.2) is 0 Å². The van der Waals surface area contributed by atoms with Crippen molar-refractivity contribution in [1.82, 2.24) is 4.90 Å². The van der Waals surface area contributed by atoms with Gasteiger partial charge in [-0.25, -0.2) is 0 Å². The minimum Gasteiger partial charge on any atom is -0.378 e. The molecule has 1 aliphatic heterocycles. The lowest BCUT2D eigenvalue weighted by molar-refractivity contribution is -0.134. The van der Waals surface area contributed by atoms with Crippen LogP contribution in [0.15, 0.2) is 42.5 Å². The molecule has 0 saturated carbocycles. The molecule has 1 fully saturated rings. The molecule has 1 N–H and O–H groups in total. The third kappa shape index (κ3) is 5.71. The van der Waals surface area contributed by atoms with E-state index in [4.69, 9.17) is 27.9 Å². The highest BCUT2D eigenvalue weighted by molar-refractivity contribution is 6.42. The first-order valence-electron chi connectivity index (χ1n) is 9.20. The molecule has 0 spiro atoms. The smallest absolute Gasteiger partial charge is 0.227 e. The molecule has 0 atom stereocenters. The number of anilines is 1. The number of amides is 2. The second kappa shape index (κ2) is 9.92.